The predicted molar refractivity (Wildman–Crippen MR) is 107 cm³/mol. The van der Waals surface area contributed by atoms with Crippen LogP contribution >= 0.6 is 22.9 Å². The van der Waals surface area contributed by atoms with Crippen LogP contribution in [0.5, 0.6) is 0 Å². The number of benzene rings is 1. The van der Waals surface area contributed by atoms with E-state index in [2.05, 4.69) is 42.3 Å². The molecule has 0 aliphatic heterocycles. The van der Waals surface area contributed by atoms with Crippen molar-refractivity contribution < 1.29 is 9.18 Å². The quantitative estimate of drug-likeness (QED) is 0.392. The zero-order valence-corrected chi connectivity index (χ0v) is 15.6. The van der Waals surface area contributed by atoms with E-state index in [0.29, 0.717) is 15.8 Å². The lowest BCUT2D eigenvalue weighted by molar-refractivity contribution is -0.111. The smallest absolute Gasteiger partial charge is 0.262 e. The molecule has 0 radical (unpaired) electrons. The third-order valence-corrected chi connectivity index (χ3v) is 4.32. The van der Waals surface area contributed by atoms with Crippen LogP contribution in [0.3, 0.4) is 0 Å². The number of thiazole rings is 1. The van der Waals surface area contributed by atoms with Gasteiger partial charge in [-0.25, -0.2) is 19.2 Å². The highest BCUT2D eigenvalue weighted by Gasteiger charge is 2.11. The lowest BCUT2D eigenvalue weighted by Gasteiger charge is -2.11. The van der Waals surface area contributed by atoms with Crippen LogP contribution in [0.25, 0.3) is 4.85 Å². The molecule has 11 heteroatoms. The Hall–Kier alpha value is -3.55. The Balaban J connectivity index is 1.83. The average molecular weight is 416 g/mol. The summed E-state index contributed by atoms with van der Waals surface area (Å²) in [5.74, 6) is -0.685. The summed E-state index contributed by atoms with van der Waals surface area (Å²) in [5, 5.41) is 9.17. The lowest BCUT2D eigenvalue weighted by Crippen LogP contribution is -2.08. The molecule has 2 aromatic heterocycles. The second-order valence-corrected chi connectivity index (χ2v) is 6.56. The minimum absolute atomic E-state index is 0.0537. The molecule has 28 heavy (non-hydrogen) atoms. The summed E-state index contributed by atoms with van der Waals surface area (Å²) in [5.41, 5.74) is 0.421. The number of hydrogen-bond donors (Lipinski definition) is 3. The Labute approximate surface area is 167 Å². The van der Waals surface area contributed by atoms with Crippen LogP contribution in [-0.4, -0.2) is 20.9 Å². The van der Waals surface area contributed by atoms with Gasteiger partial charge in [-0.05, 0) is 24.3 Å². The fourth-order valence-corrected chi connectivity index (χ4v) is 2.74. The average Bonchev–Trinajstić information content (AvgIpc) is 3.14. The van der Waals surface area contributed by atoms with E-state index in [0.717, 1.165) is 17.4 Å². The van der Waals surface area contributed by atoms with Gasteiger partial charge >= 0.3 is 0 Å². The molecule has 0 bridgehead atoms. The summed E-state index contributed by atoms with van der Waals surface area (Å²) in [6.45, 7) is 10.3. The van der Waals surface area contributed by atoms with E-state index < -0.39 is 11.7 Å². The monoisotopic (exact) mass is 415 g/mol. The van der Waals surface area contributed by atoms with E-state index in [4.69, 9.17) is 18.2 Å². The third-order valence-electron chi connectivity index (χ3n) is 3.24. The molecule has 0 fully saturated rings. The van der Waals surface area contributed by atoms with E-state index in [1.165, 1.54) is 30.6 Å². The molecule has 0 spiro atoms. The molecule has 3 rings (SSSR count). The SMILES string of the molecule is [C-]#[N+]c1cnc(Nc2ncc(Cl)c(Nc3cc(NC(=O)C=C)ccc3F)n2)s1. The molecular weight excluding hydrogens is 405 g/mol. The minimum atomic E-state index is -0.567. The summed E-state index contributed by atoms with van der Waals surface area (Å²) in [6.07, 6.45) is 3.87. The van der Waals surface area contributed by atoms with Gasteiger partial charge in [0.25, 0.3) is 5.00 Å². The molecule has 0 unspecified atom stereocenters. The highest BCUT2D eigenvalue weighted by Crippen LogP contribution is 2.30. The summed E-state index contributed by atoms with van der Waals surface area (Å²) in [7, 11) is 0. The van der Waals surface area contributed by atoms with Crippen molar-refractivity contribution in [3.8, 4) is 0 Å². The standard InChI is InChI=1S/C17H11ClFN7OS/c1-3-13(27)23-9-4-5-11(19)12(6-9)24-15-10(18)7-21-16(25-15)26-17-22-8-14(20-2)28-17/h3-8H,1H2,(H,23,27)(H2,21,22,24,25,26). The molecule has 0 saturated heterocycles. The first kappa shape index (κ1) is 19.2. The van der Waals surface area contributed by atoms with E-state index in [-0.39, 0.29) is 22.5 Å². The Kier molecular flexibility index (Phi) is 5.78. The number of amides is 1. The summed E-state index contributed by atoms with van der Waals surface area (Å²) >= 11 is 7.24. The number of hydrogen-bond acceptors (Lipinski definition) is 7. The van der Waals surface area contributed by atoms with Gasteiger partial charge < -0.3 is 16.0 Å². The van der Waals surface area contributed by atoms with Gasteiger partial charge in [0.2, 0.25) is 11.9 Å². The number of carbonyl (C=O) groups excluding carboxylic acids is 1. The van der Waals surface area contributed by atoms with Gasteiger partial charge in [-0.15, -0.1) is 11.3 Å². The van der Waals surface area contributed by atoms with E-state index >= 15 is 0 Å². The largest absolute Gasteiger partial charge is 0.336 e. The number of anilines is 5. The first-order valence-corrected chi connectivity index (χ1v) is 8.81. The topological polar surface area (TPSA) is 96.2 Å². The summed E-state index contributed by atoms with van der Waals surface area (Å²) in [4.78, 5) is 27.0. The number of carbonyl (C=O) groups is 1. The van der Waals surface area contributed by atoms with Crippen molar-refractivity contribution in [1.29, 1.82) is 0 Å². The molecular formula is C17H11ClFN7OS. The highest BCUT2D eigenvalue weighted by atomic mass is 35.5. The Morgan fingerprint density at radius 2 is 2.14 bits per heavy atom. The van der Waals surface area contributed by atoms with E-state index in [1.807, 2.05) is 0 Å². The Morgan fingerprint density at radius 1 is 1.32 bits per heavy atom. The predicted octanol–water partition coefficient (Wildman–Crippen LogP) is 4.89. The van der Waals surface area contributed by atoms with Crippen LogP contribution in [0.4, 0.5) is 37.7 Å². The van der Waals surface area contributed by atoms with Crippen molar-refractivity contribution in [2.45, 2.75) is 0 Å². The van der Waals surface area contributed by atoms with E-state index in [9.17, 15) is 9.18 Å². The first-order chi connectivity index (χ1) is 13.5. The molecule has 140 valence electrons. The number of aromatic nitrogens is 3. The van der Waals surface area contributed by atoms with Crippen LogP contribution in [0.1, 0.15) is 0 Å². The number of nitrogens with zero attached hydrogens (tertiary/aromatic N) is 4. The number of rotatable bonds is 6. The van der Waals surface area contributed by atoms with Crippen molar-refractivity contribution in [3.05, 3.63) is 65.5 Å². The van der Waals surface area contributed by atoms with Gasteiger partial charge in [-0.2, -0.15) is 4.98 Å². The second-order valence-electron chi connectivity index (χ2n) is 5.14. The first-order valence-electron chi connectivity index (χ1n) is 7.61. The third kappa shape index (κ3) is 4.59. The van der Waals surface area contributed by atoms with Gasteiger partial charge in [-0.1, -0.05) is 18.2 Å². The zero-order chi connectivity index (χ0) is 20.1. The normalized spacial score (nSPS) is 10.0. The molecule has 2 heterocycles. The van der Waals surface area contributed by atoms with Crippen LogP contribution in [-0.2, 0) is 4.79 Å². The molecule has 0 aliphatic carbocycles. The minimum Gasteiger partial charge on any atom is -0.336 e. The van der Waals surface area contributed by atoms with E-state index in [1.54, 1.807) is 0 Å². The molecule has 1 aromatic carbocycles. The van der Waals surface area contributed by atoms with Crippen LogP contribution < -0.4 is 16.0 Å². The van der Waals surface area contributed by atoms with Gasteiger partial charge in [0.1, 0.15) is 10.8 Å². The molecule has 3 aromatic rings. The van der Waals surface area contributed by atoms with Crippen molar-refractivity contribution in [3.63, 3.8) is 0 Å². The van der Waals surface area contributed by atoms with Crippen molar-refractivity contribution in [2.75, 3.05) is 16.0 Å². The molecule has 0 saturated carbocycles. The highest BCUT2D eigenvalue weighted by molar-refractivity contribution is 7.19. The second kappa shape index (κ2) is 8.43. The van der Waals surface area contributed by atoms with Crippen LogP contribution in [0.15, 0.2) is 43.2 Å². The fraction of sp³-hybridized carbons (Fsp3) is 0. The molecule has 8 nitrogen and oxygen atoms in total. The van der Waals surface area contributed by atoms with Gasteiger partial charge in [0.15, 0.2) is 10.9 Å². The van der Waals surface area contributed by atoms with Gasteiger partial charge in [0.05, 0.1) is 18.5 Å². The summed E-state index contributed by atoms with van der Waals surface area (Å²) < 4.78 is 14.2. The number of halogens is 2. The van der Waals surface area contributed by atoms with Crippen LogP contribution in [0, 0.1) is 12.4 Å². The van der Waals surface area contributed by atoms with Crippen molar-refractivity contribution in [2.24, 2.45) is 0 Å². The zero-order valence-electron chi connectivity index (χ0n) is 14.0. The summed E-state index contributed by atoms with van der Waals surface area (Å²) in [6, 6.07) is 4.00. The lowest BCUT2D eigenvalue weighted by atomic mass is 10.2. The number of nitrogens with one attached hydrogen (secondary N) is 3. The molecule has 0 atom stereocenters. The maximum absolute atomic E-state index is 14.2. The molecule has 1 amide bonds. The van der Waals surface area contributed by atoms with Crippen LogP contribution in [0.2, 0.25) is 5.02 Å². The molecule has 3 N–H and O–H groups in total. The fourth-order valence-electron chi connectivity index (χ4n) is 2.01. The molecule has 0 aliphatic rings. The van der Waals surface area contributed by atoms with Gasteiger partial charge in [-0.3, -0.25) is 4.79 Å². The Morgan fingerprint density at radius 3 is 2.86 bits per heavy atom. The Bertz CT molecular complexity index is 1100. The van der Waals surface area contributed by atoms with Gasteiger partial charge in [0, 0.05) is 11.9 Å². The van der Waals surface area contributed by atoms with Crippen molar-refractivity contribution in [1.82, 2.24) is 15.0 Å². The maximum atomic E-state index is 14.2. The van der Waals surface area contributed by atoms with Crippen molar-refractivity contribution >= 4 is 62.1 Å². The maximum Gasteiger partial charge on any atom is 0.262 e.